The molecule has 100 valence electrons. The number of aryl methyl sites for hydroxylation is 2. The predicted molar refractivity (Wildman–Crippen MR) is 82.3 cm³/mol. The molecule has 0 radical (unpaired) electrons. The molecule has 0 amide bonds. The summed E-state index contributed by atoms with van der Waals surface area (Å²) in [7, 11) is 0. The zero-order valence-corrected chi connectivity index (χ0v) is 12.1. The molecule has 0 saturated carbocycles. The quantitative estimate of drug-likeness (QED) is 0.790. The number of benzene rings is 1. The SMILES string of the molecule is Cc1cccc(Nc2nccc(-c3csc(C)n3)n2)c1. The maximum Gasteiger partial charge on any atom is 0.227 e. The van der Waals surface area contributed by atoms with Crippen molar-refractivity contribution >= 4 is 23.0 Å². The molecular weight excluding hydrogens is 268 g/mol. The molecule has 0 aliphatic carbocycles. The second-order valence-corrected chi connectivity index (χ2v) is 5.57. The maximum absolute atomic E-state index is 4.50. The van der Waals surface area contributed by atoms with Crippen molar-refractivity contribution in [1.82, 2.24) is 15.0 Å². The van der Waals surface area contributed by atoms with Gasteiger partial charge < -0.3 is 5.32 Å². The highest BCUT2D eigenvalue weighted by Crippen LogP contribution is 2.21. The van der Waals surface area contributed by atoms with Crippen molar-refractivity contribution in [2.45, 2.75) is 13.8 Å². The van der Waals surface area contributed by atoms with Crippen LogP contribution in [0.4, 0.5) is 11.6 Å². The first-order valence-electron chi connectivity index (χ1n) is 6.30. The van der Waals surface area contributed by atoms with Gasteiger partial charge in [-0.15, -0.1) is 11.3 Å². The summed E-state index contributed by atoms with van der Waals surface area (Å²) in [5.41, 5.74) is 3.90. The van der Waals surface area contributed by atoms with Gasteiger partial charge in [-0.05, 0) is 37.6 Å². The summed E-state index contributed by atoms with van der Waals surface area (Å²) in [6.07, 6.45) is 1.75. The van der Waals surface area contributed by atoms with Gasteiger partial charge >= 0.3 is 0 Å². The monoisotopic (exact) mass is 282 g/mol. The molecule has 0 saturated heterocycles. The molecule has 0 atom stereocenters. The number of thiazole rings is 1. The molecule has 0 aliphatic heterocycles. The summed E-state index contributed by atoms with van der Waals surface area (Å²) in [5, 5.41) is 6.26. The van der Waals surface area contributed by atoms with Crippen molar-refractivity contribution in [2.75, 3.05) is 5.32 Å². The Hall–Kier alpha value is -2.27. The van der Waals surface area contributed by atoms with Crippen molar-refractivity contribution in [2.24, 2.45) is 0 Å². The smallest absolute Gasteiger partial charge is 0.227 e. The highest BCUT2D eigenvalue weighted by molar-refractivity contribution is 7.09. The van der Waals surface area contributed by atoms with Crippen LogP contribution in [0.25, 0.3) is 11.4 Å². The van der Waals surface area contributed by atoms with Crippen molar-refractivity contribution in [3.8, 4) is 11.4 Å². The van der Waals surface area contributed by atoms with E-state index in [0.717, 1.165) is 22.1 Å². The Morgan fingerprint density at radius 3 is 2.70 bits per heavy atom. The van der Waals surface area contributed by atoms with E-state index in [4.69, 9.17) is 0 Å². The molecule has 2 heterocycles. The van der Waals surface area contributed by atoms with E-state index in [1.54, 1.807) is 17.5 Å². The van der Waals surface area contributed by atoms with E-state index < -0.39 is 0 Å². The van der Waals surface area contributed by atoms with Crippen molar-refractivity contribution in [3.05, 3.63) is 52.5 Å². The van der Waals surface area contributed by atoms with Gasteiger partial charge in [0.05, 0.1) is 10.7 Å². The fraction of sp³-hybridized carbons (Fsp3) is 0.133. The molecule has 0 spiro atoms. The van der Waals surface area contributed by atoms with Crippen LogP contribution in [0, 0.1) is 13.8 Å². The van der Waals surface area contributed by atoms with Gasteiger partial charge in [-0.3, -0.25) is 0 Å². The molecule has 4 nitrogen and oxygen atoms in total. The van der Waals surface area contributed by atoms with Gasteiger partial charge in [0.25, 0.3) is 0 Å². The van der Waals surface area contributed by atoms with Crippen LogP contribution in [0.5, 0.6) is 0 Å². The Labute approximate surface area is 121 Å². The Kier molecular flexibility index (Phi) is 3.43. The predicted octanol–water partition coefficient (Wildman–Crippen LogP) is 3.96. The average Bonchev–Trinajstić information content (AvgIpc) is 2.86. The average molecular weight is 282 g/mol. The topological polar surface area (TPSA) is 50.7 Å². The fourth-order valence-electron chi connectivity index (χ4n) is 1.89. The lowest BCUT2D eigenvalue weighted by molar-refractivity contribution is 1.15. The summed E-state index contributed by atoms with van der Waals surface area (Å²) >= 11 is 1.62. The summed E-state index contributed by atoms with van der Waals surface area (Å²) < 4.78 is 0. The van der Waals surface area contributed by atoms with Crippen LogP contribution in [0.2, 0.25) is 0 Å². The minimum absolute atomic E-state index is 0.582. The van der Waals surface area contributed by atoms with Crippen molar-refractivity contribution < 1.29 is 0 Å². The van der Waals surface area contributed by atoms with E-state index in [-0.39, 0.29) is 0 Å². The van der Waals surface area contributed by atoms with Gasteiger partial charge in [-0.1, -0.05) is 12.1 Å². The van der Waals surface area contributed by atoms with Gasteiger partial charge in [-0.2, -0.15) is 0 Å². The molecule has 1 N–H and O–H groups in total. The highest BCUT2D eigenvalue weighted by Gasteiger charge is 2.05. The van der Waals surface area contributed by atoms with Crippen LogP contribution in [0.3, 0.4) is 0 Å². The second kappa shape index (κ2) is 5.38. The zero-order chi connectivity index (χ0) is 13.9. The lowest BCUT2D eigenvalue weighted by Crippen LogP contribution is -1.98. The Bertz CT molecular complexity index is 736. The molecule has 3 rings (SSSR count). The minimum Gasteiger partial charge on any atom is -0.324 e. The molecule has 5 heteroatoms. The lowest BCUT2D eigenvalue weighted by Gasteiger charge is -2.06. The van der Waals surface area contributed by atoms with Crippen LogP contribution in [0.1, 0.15) is 10.6 Å². The number of aromatic nitrogens is 3. The maximum atomic E-state index is 4.50. The zero-order valence-electron chi connectivity index (χ0n) is 11.3. The third kappa shape index (κ3) is 2.83. The van der Waals surface area contributed by atoms with Crippen LogP contribution in [0.15, 0.2) is 41.9 Å². The fourth-order valence-corrected chi connectivity index (χ4v) is 2.50. The summed E-state index contributed by atoms with van der Waals surface area (Å²) in [6, 6.07) is 9.99. The van der Waals surface area contributed by atoms with E-state index in [2.05, 4.69) is 39.3 Å². The first-order chi connectivity index (χ1) is 9.70. The minimum atomic E-state index is 0.582. The van der Waals surface area contributed by atoms with Crippen LogP contribution < -0.4 is 5.32 Å². The number of hydrogen-bond donors (Lipinski definition) is 1. The Morgan fingerprint density at radius 1 is 1.05 bits per heavy atom. The van der Waals surface area contributed by atoms with Crippen LogP contribution >= 0.6 is 11.3 Å². The summed E-state index contributed by atoms with van der Waals surface area (Å²) in [5.74, 6) is 0.582. The number of hydrogen-bond acceptors (Lipinski definition) is 5. The Morgan fingerprint density at radius 2 is 1.95 bits per heavy atom. The summed E-state index contributed by atoms with van der Waals surface area (Å²) in [6.45, 7) is 4.04. The van der Waals surface area contributed by atoms with Crippen molar-refractivity contribution in [1.29, 1.82) is 0 Å². The number of rotatable bonds is 3. The molecule has 0 bridgehead atoms. The number of nitrogens with zero attached hydrogens (tertiary/aromatic N) is 3. The van der Waals surface area contributed by atoms with E-state index in [9.17, 15) is 0 Å². The van der Waals surface area contributed by atoms with Gasteiger partial charge in [0.15, 0.2) is 0 Å². The third-order valence-corrected chi connectivity index (χ3v) is 3.58. The van der Waals surface area contributed by atoms with Gasteiger partial charge in [0.2, 0.25) is 5.95 Å². The van der Waals surface area contributed by atoms with E-state index >= 15 is 0 Å². The lowest BCUT2D eigenvalue weighted by atomic mass is 10.2. The van der Waals surface area contributed by atoms with E-state index in [0.29, 0.717) is 5.95 Å². The normalized spacial score (nSPS) is 10.5. The van der Waals surface area contributed by atoms with Crippen LogP contribution in [-0.2, 0) is 0 Å². The second-order valence-electron chi connectivity index (χ2n) is 4.51. The molecule has 3 aromatic rings. The highest BCUT2D eigenvalue weighted by atomic mass is 32.1. The number of anilines is 2. The molecule has 0 unspecified atom stereocenters. The Balaban J connectivity index is 1.88. The molecule has 0 aliphatic rings. The largest absolute Gasteiger partial charge is 0.324 e. The molecule has 1 aromatic carbocycles. The number of nitrogens with one attached hydrogen (secondary N) is 1. The standard InChI is InChI=1S/C15H14N4S/c1-10-4-3-5-12(8-10)18-15-16-7-6-13(19-15)14-9-20-11(2)17-14/h3-9H,1-2H3,(H,16,18,19). The molecule has 0 fully saturated rings. The van der Waals surface area contributed by atoms with Crippen molar-refractivity contribution in [3.63, 3.8) is 0 Å². The third-order valence-electron chi connectivity index (χ3n) is 2.81. The van der Waals surface area contributed by atoms with E-state index in [1.807, 2.05) is 30.5 Å². The van der Waals surface area contributed by atoms with Crippen LogP contribution in [-0.4, -0.2) is 15.0 Å². The van der Waals surface area contributed by atoms with Gasteiger partial charge in [-0.25, -0.2) is 15.0 Å². The first kappa shape index (κ1) is 12.7. The first-order valence-corrected chi connectivity index (χ1v) is 7.18. The van der Waals surface area contributed by atoms with E-state index in [1.165, 1.54) is 5.56 Å². The molecular formula is C15H14N4S. The van der Waals surface area contributed by atoms with Gasteiger partial charge in [0.1, 0.15) is 5.69 Å². The molecule has 20 heavy (non-hydrogen) atoms. The molecule has 2 aromatic heterocycles. The summed E-state index contributed by atoms with van der Waals surface area (Å²) in [4.78, 5) is 13.2. The van der Waals surface area contributed by atoms with Gasteiger partial charge in [0, 0.05) is 17.3 Å².